The van der Waals surface area contributed by atoms with Crippen molar-refractivity contribution in [3.05, 3.63) is 24.0 Å². The van der Waals surface area contributed by atoms with Gasteiger partial charge >= 0.3 is 0 Å². The molecule has 0 amide bonds. The molecule has 0 unspecified atom stereocenters. The molecule has 0 saturated heterocycles. The highest BCUT2D eigenvalue weighted by atomic mass is 19.1. The number of hydrogen-bond acceptors (Lipinski definition) is 5. The van der Waals surface area contributed by atoms with E-state index in [2.05, 4.69) is 15.5 Å². The Morgan fingerprint density at radius 3 is 2.94 bits per heavy atom. The summed E-state index contributed by atoms with van der Waals surface area (Å²) in [5.41, 5.74) is 6.48. The van der Waals surface area contributed by atoms with Crippen LogP contribution in [-0.2, 0) is 11.3 Å². The molecule has 0 aliphatic heterocycles. The molecule has 2 aromatic rings. The van der Waals surface area contributed by atoms with Gasteiger partial charge in [-0.15, -0.1) is 5.10 Å². The van der Waals surface area contributed by atoms with E-state index in [0.717, 1.165) is 0 Å². The Balaban J connectivity index is 2.24. The summed E-state index contributed by atoms with van der Waals surface area (Å²) in [5.74, 6) is 0.0604. The minimum atomic E-state index is -0.413. The van der Waals surface area contributed by atoms with Crippen LogP contribution >= 0.6 is 0 Å². The minimum absolute atomic E-state index is 0.337. The number of nitrogens with two attached hydrogens (primary N) is 1. The van der Waals surface area contributed by atoms with E-state index >= 15 is 0 Å². The molecule has 96 valence electrons. The Labute approximate surface area is 104 Å². The van der Waals surface area contributed by atoms with Crippen LogP contribution in [0.2, 0.25) is 0 Å². The van der Waals surface area contributed by atoms with Crippen molar-refractivity contribution in [3.63, 3.8) is 0 Å². The zero-order valence-corrected chi connectivity index (χ0v) is 10.0. The predicted molar refractivity (Wildman–Crippen MR) is 64.1 cm³/mol. The van der Waals surface area contributed by atoms with E-state index in [1.54, 1.807) is 10.7 Å². The summed E-state index contributed by atoms with van der Waals surface area (Å²) in [6.45, 7) is 3.55. The molecule has 18 heavy (non-hydrogen) atoms. The molecule has 0 fully saturated rings. The molecule has 0 aliphatic rings. The van der Waals surface area contributed by atoms with Gasteiger partial charge in [-0.1, -0.05) is 0 Å². The summed E-state index contributed by atoms with van der Waals surface area (Å²) in [7, 11) is 0. The molecule has 0 aliphatic carbocycles. The number of tetrazole rings is 1. The highest BCUT2D eigenvalue weighted by Crippen LogP contribution is 2.20. The minimum Gasteiger partial charge on any atom is -0.399 e. The van der Waals surface area contributed by atoms with Gasteiger partial charge in [-0.05, 0) is 35.5 Å². The average molecular weight is 251 g/mol. The van der Waals surface area contributed by atoms with Crippen LogP contribution in [0.5, 0.6) is 0 Å². The van der Waals surface area contributed by atoms with Gasteiger partial charge in [0.2, 0.25) is 0 Å². The van der Waals surface area contributed by atoms with Gasteiger partial charge in [0.15, 0.2) is 5.82 Å². The fourth-order valence-corrected chi connectivity index (χ4v) is 1.60. The lowest BCUT2D eigenvalue weighted by molar-refractivity contribution is 0.136. The van der Waals surface area contributed by atoms with Gasteiger partial charge in [-0.25, -0.2) is 9.07 Å². The third-order valence-electron chi connectivity index (χ3n) is 2.36. The molecule has 7 heteroatoms. The highest BCUT2D eigenvalue weighted by Gasteiger charge is 2.10. The van der Waals surface area contributed by atoms with E-state index in [-0.39, 0.29) is 0 Å². The highest BCUT2D eigenvalue weighted by molar-refractivity contribution is 5.61. The number of nitrogens with zero attached hydrogens (tertiary/aromatic N) is 4. The first-order valence-electron chi connectivity index (χ1n) is 5.61. The average Bonchev–Trinajstić information content (AvgIpc) is 2.76. The quantitative estimate of drug-likeness (QED) is 0.636. The van der Waals surface area contributed by atoms with Gasteiger partial charge in [0, 0.05) is 17.9 Å². The molecular formula is C11H14FN5O. The summed E-state index contributed by atoms with van der Waals surface area (Å²) in [6.07, 6.45) is 0. The lowest BCUT2D eigenvalue weighted by Crippen LogP contribution is -2.09. The fraction of sp³-hybridized carbons (Fsp3) is 0.364. The molecular weight excluding hydrogens is 237 g/mol. The number of hydrogen-bond donors (Lipinski definition) is 1. The normalized spacial score (nSPS) is 10.8. The smallest absolute Gasteiger partial charge is 0.182 e. The van der Waals surface area contributed by atoms with Crippen molar-refractivity contribution in [2.75, 3.05) is 18.9 Å². The van der Waals surface area contributed by atoms with Crippen molar-refractivity contribution in [3.8, 4) is 11.4 Å². The standard InChI is InChI=1S/C11H14FN5O/c1-2-18-4-3-17-11(14-15-16-17)8-5-9(12)7-10(13)6-8/h5-7H,2-4,13H2,1H3. The summed E-state index contributed by atoms with van der Waals surface area (Å²) < 4.78 is 20.1. The van der Waals surface area contributed by atoms with Gasteiger partial charge in [0.1, 0.15) is 5.82 Å². The maximum absolute atomic E-state index is 13.3. The maximum atomic E-state index is 13.3. The topological polar surface area (TPSA) is 78.8 Å². The Kier molecular flexibility index (Phi) is 3.83. The van der Waals surface area contributed by atoms with Crippen LogP contribution in [0.3, 0.4) is 0 Å². The van der Waals surface area contributed by atoms with Crippen LogP contribution in [0.4, 0.5) is 10.1 Å². The SMILES string of the molecule is CCOCCn1nnnc1-c1cc(N)cc(F)c1. The Morgan fingerprint density at radius 1 is 1.39 bits per heavy atom. The molecule has 0 bridgehead atoms. The van der Waals surface area contributed by atoms with Crippen molar-refractivity contribution in [1.82, 2.24) is 20.2 Å². The second kappa shape index (κ2) is 5.54. The monoisotopic (exact) mass is 251 g/mol. The number of ether oxygens (including phenoxy) is 1. The molecule has 0 radical (unpaired) electrons. The summed E-state index contributed by atoms with van der Waals surface area (Å²) >= 11 is 0. The zero-order valence-electron chi connectivity index (χ0n) is 10.0. The summed E-state index contributed by atoms with van der Waals surface area (Å²) in [6, 6.07) is 4.23. The van der Waals surface area contributed by atoms with Gasteiger partial charge in [0.05, 0.1) is 13.2 Å². The maximum Gasteiger partial charge on any atom is 0.182 e. The van der Waals surface area contributed by atoms with Gasteiger partial charge < -0.3 is 10.5 Å². The molecule has 1 aromatic carbocycles. The second-order valence-electron chi connectivity index (χ2n) is 3.70. The molecule has 0 atom stereocenters. The largest absolute Gasteiger partial charge is 0.399 e. The van der Waals surface area contributed by atoms with Gasteiger partial charge in [-0.2, -0.15) is 0 Å². The van der Waals surface area contributed by atoms with Gasteiger partial charge in [-0.3, -0.25) is 0 Å². The number of aromatic nitrogens is 4. The molecule has 2 rings (SSSR count). The lowest BCUT2D eigenvalue weighted by atomic mass is 10.2. The second-order valence-corrected chi connectivity index (χ2v) is 3.70. The van der Waals surface area contributed by atoms with E-state index in [1.807, 2.05) is 6.92 Å². The molecule has 1 aromatic heterocycles. The van der Waals surface area contributed by atoms with Crippen molar-refractivity contribution in [2.24, 2.45) is 0 Å². The Hall–Kier alpha value is -2.02. The van der Waals surface area contributed by atoms with E-state index < -0.39 is 5.82 Å². The molecule has 1 heterocycles. The lowest BCUT2D eigenvalue weighted by Gasteiger charge is -2.05. The van der Waals surface area contributed by atoms with Crippen molar-refractivity contribution in [1.29, 1.82) is 0 Å². The number of anilines is 1. The fourth-order valence-electron chi connectivity index (χ4n) is 1.60. The summed E-state index contributed by atoms with van der Waals surface area (Å²) in [4.78, 5) is 0. The number of benzene rings is 1. The van der Waals surface area contributed by atoms with Gasteiger partial charge in [0.25, 0.3) is 0 Å². The van der Waals surface area contributed by atoms with Crippen molar-refractivity contribution < 1.29 is 9.13 Å². The predicted octanol–water partition coefficient (Wildman–Crippen LogP) is 1.10. The van der Waals surface area contributed by atoms with Crippen LogP contribution in [0.15, 0.2) is 18.2 Å². The van der Waals surface area contributed by atoms with E-state index in [0.29, 0.717) is 36.8 Å². The van der Waals surface area contributed by atoms with E-state index in [9.17, 15) is 4.39 Å². The third-order valence-corrected chi connectivity index (χ3v) is 2.36. The summed E-state index contributed by atoms with van der Waals surface area (Å²) in [5, 5.41) is 11.3. The molecule has 0 saturated carbocycles. The number of rotatable bonds is 5. The van der Waals surface area contributed by atoms with E-state index in [4.69, 9.17) is 10.5 Å². The first kappa shape index (κ1) is 12.4. The van der Waals surface area contributed by atoms with Crippen LogP contribution in [-0.4, -0.2) is 33.4 Å². The van der Waals surface area contributed by atoms with Crippen LogP contribution in [0.1, 0.15) is 6.92 Å². The Morgan fingerprint density at radius 2 is 2.22 bits per heavy atom. The molecule has 6 nitrogen and oxygen atoms in total. The zero-order chi connectivity index (χ0) is 13.0. The number of halogens is 1. The van der Waals surface area contributed by atoms with Crippen LogP contribution in [0.25, 0.3) is 11.4 Å². The first-order valence-corrected chi connectivity index (χ1v) is 5.61. The van der Waals surface area contributed by atoms with Crippen LogP contribution < -0.4 is 5.73 Å². The van der Waals surface area contributed by atoms with E-state index in [1.165, 1.54) is 12.1 Å². The van der Waals surface area contributed by atoms with Crippen molar-refractivity contribution in [2.45, 2.75) is 13.5 Å². The number of nitrogen functional groups attached to an aromatic ring is 1. The Bertz CT molecular complexity index is 508. The third kappa shape index (κ3) is 2.80. The molecule has 2 N–H and O–H groups in total. The first-order chi connectivity index (χ1) is 8.70. The van der Waals surface area contributed by atoms with Crippen LogP contribution in [0, 0.1) is 5.82 Å². The molecule has 0 spiro atoms. The van der Waals surface area contributed by atoms with Crippen molar-refractivity contribution >= 4 is 5.69 Å².